The van der Waals surface area contributed by atoms with Crippen LogP contribution in [0.1, 0.15) is 25.0 Å². The Morgan fingerprint density at radius 3 is 3.08 bits per heavy atom. The van der Waals surface area contributed by atoms with Gasteiger partial charge in [-0.3, -0.25) is 0 Å². The standard InChI is InChI=1S/C9H14N2O2/c10-5-8-6-13-9(11-8)12-4-3-7-1-2-7/h6-7H,1-5,10H2. The van der Waals surface area contributed by atoms with E-state index < -0.39 is 0 Å². The summed E-state index contributed by atoms with van der Waals surface area (Å²) in [5.74, 6) is 0.879. The number of ether oxygens (including phenoxy) is 1. The fourth-order valence-corrected chi connectivity index (χ4v) is 1.17. The highest BCUT2D eigenvalue weighted by Crippen LogP contribution is 2.32. The summed E-state index contributed by atoms with van der Waals surface area (Å²) in [5, 5.41) is 0. The Morgan fingerprint density at radius 1 is 1.62 bits per heavy atom. The molecule has 1 aromatic rings. The maximum absolute atomic E-state index is 5.37. The maximum atomic E-state index is 5.37. The average molecular weight is 182 g/mol. The fraction of sp³-hybridized carbons (Fsp3) is 0.667. The fourth-order valence-electron chi connectivity index (χ4n) is 1.17. The molecule has 0 atom stereocenters. The zero-order valence-electron chi connectivity index (χ0n) is 7.53. The van der Waals surface area contributed by atoms with Gasteiger partial charge in [-0.2, -0.15) is 4.98 Å². The normalized spacial score (nSPS) is 16.1. The van der Waals surface area contributed by atoms with Crippen molar-refractivity contribution in [1.82, 2.24) is 4.98 Å². The van der Waals surface area contributed by atoms with E-state index in [9.17, 15) is 0 Å². The molecule has 1 aliphatic rings. The molecule has 4 nitrogen and oxygen atoms in total. The zero-order valence-corrected chi connectivity index (χ0v) is 7.53. The number of hydrogen-bond donors (Lipinski definition) is 1. The van der Waals surface area contributed by atoms with Crippen molar-refractivity contribution in [2.75, 3.05) is 6.61 Å². The van der Waals surface area contributed by atoms with Gasteiger partial charge in [-0.05, 0) is 12.3 Å². The molecule has 1 aliphatic carbocycles. The Bertz CT molecular complexity index is 268. The van der Waals surface area contributed by atoms with E-state index in [0.717, 1.165) is 18.0 Å². The van der Waals surface area contributed by atoms with Crippen molar-refractivity contribution in [3.63, 3.8) is 0 Å². The maximum Gasteiger partial charge on any atom is 0.393 e. The summed E-state index contributed by atoms with van der Waals surface area (Å²) in [6.45, 7) is 1.10. The largest absolute Gasteiger partial charge is 0.450 e. The van der Waals surface area contributed by atoms with Crippen molar-refractivity contribution in [1.29, 1.82) is 0 Å². The molecule has 0 aliphatic heterocycles. The summed E-state index contributed by atoms with van der Waals surface area (Å²) in [7, 11) is 0. The Morgan fingerprint density at radius 2 is 2.46 bits per heavy atom. The van der Waals surface area contributed by atoms with Crippen molar-refractivity contribution < 1.29 is 9.15 Å². The third-order valence-electron chi connectivity index (χ3n) is 2.19. The first-order valence-electron chi connectivity index (χ1n) is 4.66. The Balaban J connectivity index is 1.72. The van der Waals surface area contributed by atoms with Gasteiger partial charge in [0.05, 0.1) is 12.3 Å². The Labute approximate surface area is 77.1 Å². The van der Waals surface area contributed by atoms with Crippen LogP contribution in [0.5, 0.6) is 6.08 Å². The van der Waals surface area contributed by atoms with E-state index in [1.54, 1.807) is 0 Å². The van der Waals surface area contributed by atoms with Gasteiger partial charge in [-0.15, -0.1) is 0 Å². The molecule has 1 aromatic heterocycles. The lowest BCUT2D eigenvalue weighted by Crippen LogP contribution is -1.99. The summed E-state index contributed by atoms with van der Waals surface area (Å²) >= 11 is 0. The molecule has 0 spiro atoms. The topological polar surface area (TPSA) is 61.3 Å². The van der Waals surface area contributed by atoms with Gasteiger partial charge in [0.2, 0.25) is 0 Å². The van der Waals surface area contributed by atoms with Crippen LogP contribution in [-0.2, 0) is 6.54 Å². The van der Waals surface area contributed by atoms with E-state index >= 15 is 0 Å². The molecule has 2 rings (SSSR count). The second-order valence-corrected chi connectivity index (χ2v) is 3.39. The molecule has 0 saturated heterocycles. The van der Waals surface area contributed by atoms with Gasteiger partial charge in [0.25, 0.3) is 0 Å². The van der Waals surface area contributed by atoms with Gasteiger partial charge >= 0.3 is 6.08 Å². The second kappa shape index (κ2) is 3.79. The molecule has 2 N–H and O–H groups in total. The minimum absolute atomic E-state index is 0.348. The van der Waals surface area contributed by atoms with Crippen molar-refractivity contribution in [2.45, 2.75) is 25.8 Å². The number of nitrogens with zero attached hydrogens (tertiary/aromatic N) is 1. The summed E-state index contributed by atoms with van der Waals surface area (Å²) in [6, 6.07) is 0. The van der Waals surface area contributed by atoms with Crippen molar-refractivity contribution in [2.24, 2.45) is 11.7 Å². The van der Waals surface area contributed by atoms with Gasteiger partial charge in [-0.1, -0.05) is 12.8 Å². The van der Waals surface area contributed by atoms with Gasteiger partial charge < -0.3 is 14.9 Å². The molecule has 0 aromatic carbocycles. The monoisotopic (exact) mass is 182 g/mol. The predicted octanol–water partition coefficient (Wildman–Crippen LogP) is 1.31. The van der Waals surface area contributed by atoms with Crippen LogP contribution in [0.25, 0.3) is 0 Å². The first-order valence-corrected chi connectivity index (χ1v) is 4.66. The van der Waals surface area contributed by atoms with Crippen LogP contribution in [-0.4, -0.2) is 11.6 Å². The van der Waals surface area contributed by atoms with Crippen LogP contribution in [0.15, 0.2) is 10.7 Å². The van der Waals surface area contributed by atoms with E-state index in [2.05, 4.69) is 4.98 Å². The summed E-state index contributed by atoms with van der Waals surface area (Å²) in [4.78, 5) is 4.03. The SMILES string of the molecule is NCc1coc(OCCC2CC2)n1. The van der Waals surface area contributed by atoms with Gasteiger partial charge in [0.1, 0.15) is 6.26 Å². The van der Waals surface area contributed by atoms with Crippen LogP contribution < -0.4 is 10.5 Å². The molecule has 1 saturated carbocycles. The molecule has 0 radical (unpaired) electrons. The Kier molecular flexibility index (Phi) is 2.49. The molecule has 0 bridgehead atoms. The molecule has 0 unspecified atom stereocenters. The lowest BCUT2D eigenvalue weighted by atomic mass is 10.3. The summed E-state index contributed by atoms with van der Waals surface area (Å²) in [6.07, 6.45) is 5.69. The molecule has 1 fully saturated rings. The average Bonchev–Trinajstić information content (AvgIpc) is 2.84. The molecule has 0 amide bonds. The first-order chi connectivity index (χ1) is 6.38. The molecular formula is C9H14N2O2. The van der Waals surface area contributed by atoms with E-state index in [-0.39, 0.29) is 0 Å². The quantitative estimate of drug-likeness (QED) is 0.745. The second-order valence-electron chi connectivity index (χ2n) is 3.39. The van der Waals surface area contributed by atoms with Gasteiger partial charge in [0.15, 0.2) is 0 Å². The number of hydrogen-bond acceptors (Lipinski definition) is 4. The van der Waals surface area contributed by atoms with Crippen molar-refractivity contribution >= 4 is 0 Å². The highest BCUT2D eigenvalue weighted by Gasteiger charge is 2.21. The van der Waals surface area contributed by atoms with Crippen LogP contribution in [0.4, 0.5) is 0 Å². The molecule has 72 valence electrons. The van der Waals surface area contributed by atoms with Crippen LogP contribution in [0, 0.1) is 5.92 Å². The number of aromatic nitrogens is 1. The number of oxazole rings is 1. The smallest absolute Gasteiger partial charge is 0.393 e. The highest BCUT2D eigenvalue weighted by atomic mass is 16.6. The zero-order chi connectivity index (χ0) is 9.10. The first kappa shape index (κ1) is 8.56. The van der Waals surface area contributed by atoms with Gasteiger partial charge in [-0.25, -0.2) is 0 Å². The van der Waals surface area contributed by atoms with Crippen molar-refractivity contribution in [3.05, 3.63) is 12.0 Å². The molecular weight excluding hydrogens is 168 g/mol. The van der Waals surface area contributed by atoms with Crippen LogP contribution in [0.3, 0.4) is 0 Å². The molecule has 1 heterocycles. The third kappa shape index (κ3) is 2.45. The third-order valence-corrected chi connectivity index (χ3v) is 2.19. The van der Waals surface area contributed by atoms with E-state index in [1.165, 1.54) is 19.1 Å². The molecule has 13 heavy (non-hydrogen) atoms. The highest BCUT2D eigenvalue weighted by molar-refractivity contribution is 4.98. The van der Waals surface area contributed by atoms with Crippen molar-refractivity contribution in [3.8, 4) is 6.08 Å². The predicted molar refractivity (Wildman–Crippen MR) is 47.2 cm³/mol. The minimum atomic E-state index is 0.348. The van der Waals surface area contributed by atoms with Crippen LogP contribution in [0.2, 0.25) is 0 Å². The Hall–Kier alpha value is -1.03. The number of rotatable bonds is 5. The minimum Gasteiger partial charge on any atom is -0.450 e. The van der Waals surface area contributed by atoms with Crippen LogP contribution >= 0.6 is 0 Å². The van der Waals surface area contributed by atoms with E-state index in [0.29, 0.717) is 19.2 Å². The lowest BCUT2D eigenvalue weighted by molar-refractivity contribution is 0.222. The summed E-state index contributed by atoms with van der Waals surface area (Å²) < 4.78 is 10.4. The number of nitrogens with two attached hydrogens (primary N) is 1. The lowest BCUT2D eigenvalue weighted by Gasteiger charge is -1.98. The summed E-state index contributed by atoms with van der Waals surface area (Å²) in [5.41, 5.74) is 6.11. The molecule has 4 heteroatoms. The van der Waals surface area contributed by atoms with E-state index in [4.69, 9.17) is 14.9 Å². The van der Waals surface area contributed by atoms with E-state index in [1.807, 2.05) is 0 Å². The van der Waals surface area contributed by atoms with Gasteiger partial charge in [0, 0.05) is 6.54 Å².